The van der Waals surface area contributed by atoms with Crippen LogP contribution in [-0.4, -0.2) is 49.7 Å². The second-order valence-electron chi connectivity index (χ2n) is 8.41. The van der Waals surface area contributed by atoms with Crippen molar-refractivity contribution in [3.8, 4) is 17.1 Å². The van der Waals surface area contributed by atoms with Crippen LogP contribution in [0.4, 0.5) is 4.79 Å². The number of amides is 2. The molecule has 180 valence electrons. The molecule has 1 fully saturated rings. The van der Waals surface area contributed by atoms with Crippen LogP contribution in [0.5, 0.6) is 5.75 Å². The van der Waals surface area contributed by atoms with Crippen molar-refractivity contribution in [3.05, 3.63) is 23.5 Å². The quantitative estimate of drug-likeness (QED) is 0.466. The van der Waals surface area contributed by atoms with E-state index >= 15 is 0 Å². The van der Waals surface area contributed by atoms with Gasteiger partial charge in [-0.2, -0.15) is 0 Å². The maximum absolute atomic E-state index is 12.0. The van der Waals surface area contributed by atoms with Gasteiger partial charge in [0.05, 0.1) is 35.6 Å². The van der Waals surface area contributed by atoms with Crippen LogP contribution in [0.25, 0.3) is 11.4 Å². The number of aliphatic carboxylic acids is 1. The highest BCUT2D eigenvalue weighted by Crippen LogP contribution is 2.31. The predicted octanol–water partition coefficient (Wildman–Crippen LogP) is 3.06. The second-order valence-corrected chi connectivity index (χ2v) is 8.41. The molecule has 33 heavy (non-hydrogen) atoms. The van der Waals surface area contributed by atoms with Crippen molar-refractivity contribution in [3.63, 3.8) is 0 Å². The fraction of sp³-hybridized carbons (Fsp3) is 0.609. The van der Waals surface area contributed by atoms with Gasteiger partial charge in [-0.05, 0) is 50.7 Å². The summed E-state index contributed by atoms with van der Waals surface area (Å²) in [5, 5.41) is 23.4. The zero-order valence-electron chi connectivity index (χ0n) is 19.6. The third-order valence-electron chi connectivity index (χ3n) is 5.95. The number of ether oxygens (including phenoxy) is 1. The average molecular weight is 459 g/mol. The van der Waals surface area contributed by atoms with Gasteiger partial charge in [0.15, 0.2) is 0 Å². The van der Waals surface area contributed by atoms with E-state index in [0.29, 0.717) is 42.9 Å². The minimum Gasteiger partial charge on any atom is -0.488 e. The van der Waals surface area contributed by atoms with Gasteiger partial charge >= 0.3 is 12.0 Å². The molecule has 1 aliphatic carbocycles. The minimum absolute atomic E-state index is 0.125. The van der Waals surface area contributed by atoms with E-state index in [1.807, 2.05) is 19.1 Å². The number of hydrogen-bond acceptors (Lipinski definition) is 6. The number of nitrogens with one attached hydrogen (secondary N) is 2. The third kappa shape index (κ3) is 6.43. The number of carboxylic acid groups (broad SMARTS) is 1. The molecule has 0 unspecified atom stereocenters. The molecule has 0 spiro atoms. The highest BCUT2D eigenvalue weighted by Gasteiger charge is 2.28. The van der Waals surface area contributed by atoms with Gasteiger partial charge in [-0.3, -0.25) is 4.79 Å². The van der Waals surface area contributed by atoms with Crippen molar-refractivity contribution in [2.45, 2.75) is 71.4 Å². The molecule has 10 nitrogen and oxygen atoms in total. The Morgan fingerprint density at radius 2 is 2.06 bits per heavy atom. The molecule has 1 saturated carbocycles. The normalized spacial score (nSPS) is 18.0. The molecule has 3 rings (SSSR count). The van der Waals surface area contributed by atoms with E-state index in [4.69, 9.17) is 9.72 Å². The van der Waals surface area contributed by atoms with Crippen molar-refractivity contribution < 1.29 is 19.4 Å². The Kier molecular flexibility index (Phi) is 8.62. The van der Waals surface area contributed by atoms with Crippen molar-refractivity contribution in [1.82, 2.24) is 30.6 Å². The van der Waals surface area contributed by atoms with Gasteiger partial charge in [0, 0.05) is 13.6 Å². The lowest BCUT2D eigenvalue weighted by Gasteiger charge is -2.28. The summed E-state index contributed by atoms with van der Waals surface area (Å²) in [6, 6.07) is 3.48. The first-order chi connectivity index (χ1) is 15.9. The van der Waals surface area contributed by atoms with E-state index < -0.39 is 5.97 Å². The van der Waals surface area contributed by atoms with Gasteiger partial charge in [-0.15, -0.1) is 5.10 Å². The molecule has 0 saturated heterocycles. The summed E-state index contributed by atoms with van der Waals surface area (Å²) in [6.45, 7) is 4.98. The molecule has 0 radical (unpaired) electrons. The van der Waals surface area contributed by atoms with Crippen LogP contribution >= 0.6 is 0 Å². The highest BCUT2D eigenvalue weighted by atomic mass is 16.5. The van der Waals surface area contributed by atoms with Crippen LogP contribution in [0, 0.1) is 5.92 Å². The van der Waals surface area contributed by atoms with Crippen LogP contribution in [0.1, 0.15) is 63.8 Å². The fourth-order valence-electron chi connectivity index (χ4n) is 4.02. The summed E-state index contributed by atoms with van der Waals surface area (Å²) < 4.78 is 7.81. The number of urea groups is 1. The first-order valence-corrected chi connectivity index (χ1v) is 11.7. The van der Waals surface area contributed by atoms with E-state index in [2.05, 4.69) is 27.9 Å². The molecule has 0 aromatic carbocycles. The van der Waals surface area contributed by atoms with E-state index in [-0.39, 0.29) is 24.6 Å². The number of carbonyl (C=O) groups excluding carboxylic acids is 1. The Labute approximate surface area is 194 Å². The highest BCUT2D eigenvalue weighted by molar-refractivity contribution is 5.74. The molecule has 0 bridgehead atoms. The predicted molar refractivity (Wildman–Crippen MR) is 123 cm³/mol. The number of carbonyl (C=O) groups is 2. The number of aromatic nitrogens is 4. The lowest BCUT2D eigenvalue weighted by Crippen LogP contribution is -2.36. The fourth-order valence-corrected chi connectivity index (χ4v) is 4.02. The zero-order chi connectivity index (χ0) is 23.8. The minimum atomic E-state index is -0.754. The summed E-state index contributed by atoms with van der Waals surface area (Å²) in [6.07, 6.45) is 5.38. The number of aryl methyl sites for hydroxylation is 2. The molecular weight excluding hydrogens is 424 g/mol. The van der Waals surface area contributed by atoms with Crippen LogP contribution in [-0.2, 0) is 24.8 Å². The van der Waals surface area contributed by atoms with E-state index in [1.54, 1.807) is 11.7 Å². The maximum Gasteiger partial charge on any atom is 0.315 e. The van der Waals surface area contributed by atoms with Crippen molar-refractivity contribution in [2.24, 2.45) is 13.0 Å². The molecular formula is C23H34N6O4. The number of rotatable bonds is 10. The topological polar surface area (TPSA) is 131 Å². The molecule has 2 aromatic heterocycles. The Morgan fingerprint density at radius 1 is 1.24 bits per heavy atom. The monoisotopic (exact) mass is 458 g/mol. The standard InChI is InChI=1S/C23H34N6O4/c1-4-6-12-24-23(32)25-14-19-21(27-28-29(19)3)18-10-11-20(17(5-2)26-18)33-16-9-7-8-15(13-16)22(30)31/h10-11,15-16H,4-9,12-14H2,1-3H3,(H,30,31)(H2,24,25,32)/t15-,16-/m0/s1. The molecule has 1 aliphatic rings. The number of hydrogen-bond donors (Lipinski definition) is 3. The Morgan fingerprint density at radius 3 is 2.79 bits per heavy atom. The largest absolute Gasteiger partial charge is 0.488 e. The first kappa shape index (κ1) is 24.5. The molecule has 2 amide bonds. The zero-order valence-corrected chi connectivity index (χ0v) is 19.6. The smallest absolute Gasteiger partial charge is 0.315 e. The molecule has 0 aliphatic heterocycles. The Bertz CT molecular complexity index is 960. The van der Waals surface area contributed by atoms with Gasteiger partial charge < -0.3 is 20.5 Å². The molecule has 3 N–H and O–H groups in total. The van der Waals surface area contributed by atoms with Crippen LogP contribution in [0.15, 0.2) is 12.1 Å². The van der Waals surface area contributed by atoms with Gasteiger partial charge in [0.2, 0.25) is 0 Å². The van der Waals surface area contributed by atoms with Crippen molar-refractivity contribution >= 4 is 12.0 Å². The summed E-state index contributed by atoms with van der Waals surface area (Å²) in [4.78, 5) is 28.1. The lowest BCUT2D eigenvalue weighted by atomic mass is 9.87. The SMILES string of the molecule is CCCCNC(=O)NCc1c(-c2ccc(O[C@H]3CCC[C@H](C(=O)O)C3)c(CC)n2)nnn1C. The van der Waals surface area contributed by atoms with Crippen molar-refractivity contribution in [1.29, 1.82) is 0 Å². The third-order valence-corrected chi connectivity index (χ3v) is 5.95. The summed E-state index contributed by atoms with van der Waals surface area (Å²) in [5.41, 5.74) is 2.80. The number of carboxylic acids is 1. The van der Waals surface area contributed by atoms with Gasteiger partial charge in [0.1, 0.15) is 11.4 Å². The maximum atomic E-state index is 12.0. The summed E-state index contributed by atoms with van der Waals surface area (Å²) in [5.74, 6) is -0.429. The van der Waals surface area contributed by atoms with Crippen molar-refractivity contribution in [2.75, 3.05) is 6.54 Å². The first-order valence-electron chi connectivity index (χ1n) is 11.7. The van der Waals surface area contributed by atoms with Crippen LogP contribution in [0.3, 0.4) is 0 Å². The van der Waals surface area contributed by atoms with Gasteiger partial charge in [-0.25, -0.2) is 14.5 Å². The molecule has 2 heterocycles. The van der Waals surface area contributed by atoms with Gasteiger partial charge in [0.25, 0.3) is 0 Å². The average Bonchev–Trinajstić information content (AvgIpc) is 3.18. The Balaban J connectivity index is 1.71. The van der Waals surface area contributed by atoms with E-state index in [0.717, 1.165) is 37.1 Å². The van der Waals surface area contributed by atoms with Crippen LogP contribution < -0.4 is 15.4 Å². The lowest BCUT2D eigenvalue weighted by molar-refractivity contribution is -0.143. The number of pyridine rings is 1. The molecule has 2 atom stereocenters. The van der Waals surface area contributed by atoms with Gasteiger partial charge in [-0.1, -0.05) is 25.5 Å². The number of nitrogens with zero attached hydrogens (tertiary/aromatic N) is 4. The molecule has 10 heteroatoms. The molecule has 2 aromatic rings. The Hall–Kier alpha value is -3.17. The van der Waals surface area contributed by atoms with E-state index in [9.17, 15) is 14.7 Å². The summed E-state index contributed by atoms with van der Waals surface area (Å²) in [7, 11) is 1.78. The number of unbranched alkanes of at least 4 members (excludes halogenated alkanes) is 1. The van der Waals surface area contributed by atoms with Crippen LogP contribution in [0.2, 0.25) is 0 Å². The van der Waals surface area contributed by atoms with E-state index in [1.165, 1.54) is 0 Å². The second kappa shape index (κ2) is 11.6. The summed E-state index contributed by atoms with van der Waals surface area (Å²) >= 11 is 0.